The Kier molecular flexibility index (Phi) is 5.48. The molecule has 7 nitrogen and oxygen atoms in total. The summed E-state index contributed by atoms with van der Waals surface area (Å²) in [4.78, 5) is 12.5. The third-order valence-electron chi connectivity index (χ3n) is 4.33. The lowest BCUT2D eigenvalue weighted by Crippen LogP contribution is -2.36. The van der Waals surface area contributed by atoms with Gasteiger partial charge in [-0.25, -0.2) is 13.1 Å². The molecule has 0 saturated carbocycles. The number of likely N-dealkylation sites (tertiary alicyclic amines) is 1. The second kappa shape index (κ2) is 7.61. The van der Waals surface area contributed by atoms with Gasteiger partial charge in [-0.2, -0.15) is 11.3 Å². The van der Waals surface area contributed by atoms with Crippen molar-refractivity contribution in [1.29, 1.82) is 0 Å². The van der Waals surface area contributed by atoms with Gasteiger partial charge in [0.2, 0.25) is 10.0 Å². The summed E-state index contributed by atoms with van der Waals surface area (Å²) in [6.45, 7) is 2.19. The van der Waals surface area contributed by atoms with Crippen LogP contribution in [0, 0.1) is 10.1 Å². The molecule has 9 heteroatoms. The first kappa shape index (κ1) is 18.0. The Morgan fingerprint density at radius 1 is 1.20 bits per heavy atom. The third kappa shape index (κ3) is 4.24. The molecule has 1 unspecified atom stereocenters. The molecule has 1 aliphatic heterocycles. The van der Waals surface area contributed by atoms with E-state index in [-0.39, 0.29) is 23.2 Å². The maximum Gasteiger partial charge on any atom is 0.269 e. The van der Waals surface area contributed by atoms with Crippen LogP contribution in [-0.4, -0.2) is 37.9 Å². The highest BCUT2D eigenvalue weighted by molar-refractivity contribution is 7.89. The molecule has 0 radical (unpaired) electrons. The molecule has 1 aromatic carbocycles. The van der Waals surface area contributed by atoms with E-state index in [9.17, 15) is 18.5 Å². The lowest BCUT2D eigenvalue weighted by molar-refractivity contribution is -0.384. The number of nitro groups is 1. The molecule has 1 saturated heterocycles. The number of nitrogens with one attached hydrogen (secondary N) is 1. The van der Waals surface area contributed by atoms with E-state index in [2.05, 4.69) is 9.62 Å². The smallest absolute Gasteiger partial charge is 0.269 e. The average molecular weight is 381 g/mol. The van der Waals surface area contributed by atoms with E-state index >= 15 is 0 Å². The van der Waals surface area contributed by atoms with Gasteiger partial charge in [0.05, 0.1) is 9.82 Å². The second-order valence-corrected chi connectivity index (χ2v) is 8.47. The van der Waals surface area contributed by atoms with E-state index < -0.39 is 14.9 Å². The molecule has 1 aliphatic rings. The summed E-state index contributed by atoms with van der Waals surface area (Å²) in [5.41, 5.74) is 0.977. The number of nitro benzene ring substituents is 1. The molecule has 1 N–H and O–H groups in total. The Bertz CT molecular complexity index is 814. The minimum absolute atomic E-state index is 0.00146. The lowest BCUT2D eigenvalue weighted by atomic mass is 10.1. The molecule has 134 valence electrons. The SMILES string of the molecule is O=[N+]([O-])c1ccc(S(=O)(=O)NCC(c2ccsc2)N2CCCC2)cc1. The van der Waals surface area contributed by atoms with Gasteiger partial charge in [0.15, 0.2) is 0 Å². The number of nitrogens with zero attached hydrogens (tertiary/aromatic N) is 2. The number of hydrogen-bond acceptors (Lipinski definition) is 6. The summed E-state index contributed by atoms with van der Waals surface area (Å²) in [5, 5.41) is 14.7. The number of sulfonamides is 1. The van der Waals surface area contributed by atoms with Gasteiger partial charge in [0.25, 0.3) is 5.69 Å². The summed E-state index contributed by atoms with van der Waals surface area (Å²) < 4.78 is 27.7. The molecule has 0 amide bonds. The van der Waals surface area contributed by atoms with Crippen molar-refractivity contribution < 1.29 is 13.3 Å². The van der Waals surface area contributed by atoms with Crippen LogP contribution in [0.5, 0.6) is 0 Å². The molecule has 3 rings (SSSR count). The van der Waals surface area contributed by atoms with Crippen LogP contribution in [0.3, 0.4) is 0 Å². The zero-order chi connectivity index (χ0) is 17.9. The number of rotatable bonds is 7. The van der Waals surface area contributed by atoms with Crippen molar-refractivity contribution in [3.63, 3.8) is 0 Å². The fourth-order valence-corrected chi connectivity index (χ4v) is 4.74. The fraction of sp³-hybridized carbons (Fsp3) is 0.375. The van der Waals surface area contributed by atoms with E-state index in [1.165, 1.54) is 24.3 Å². The zero-order valence-electron chi connectivity index (χ0n) is 13.5. The summed E-state index contributed by atoms with van der Waals surface area (Å²) in [6, 6.07) is 6.94. The van der Waals surface area contributed by atoms with Gasteiger partial charge >= 0.3 is 0 Å². The Labute approximate surface area is 150 Å². The van der Waals surface area contributed by atoms with Gasteiger partial charge < -0.3 is 0 Å². The molecule has 0 bridgehead atoms. The maximum absolute atomic E-state index is 12.5. The molecule has 2 aromatic rings. The van der Waals surface area contributed by atoms with Crippen LogP contribution in [0.2, 0.25) is 0 Å². The largest absolute Gasteiger partial charge is 0.295 e. The molecule has 1 aromatic heterocycles. The highest BCUT2D eigenvalue weighted by atomic mass is 32.2. The monoisotopic (exact) mass is 381 g/mol. The molecule has 2 heterocycles. The topological polar surface area (TPSA) is 92.5 Å². The fourth-order valence-electron chi connectivity index (χ4n) is 2.99. The first-order chi connectivity index (χ1) is 12.0. The zero-order valence-corrected chi connectivity index (χ0v) is 15.1. The number of non-ortho nitro benzene ring substituents is 1. The van der Waals surface area contributed by atoms with Crippen LogP contribution in [0.25, 0.3) is 0 Å². The molecular weight excluding hydrogens is 362 g/mol. The number of benzene rings is 1. The van der Waals surface area contributed by atoms with Crippen LogP contribution < -0.4 is 4.72 Å². The summed E-state index contributed by atoms with van der Waals surface area (Å²) >= 11 is 1.59. The van der Waals surface area contributed by atoms with Crippen molar-refractivity contribution in [2.45, 2.75) is 23.8 Å². The Hall–Kier alpha value is -1.81. The van der Waals surface area contributed by atoms with Gasteiger partial charge in [0, 0.05) is 24.7 Å². The highest BCUT2D eigenvalue weighted by Crippen LogP contribution is 2.27. The molecule has 1 atom stereocenters. The van der Waals surface area contributed by atoms with E-state index in [0.717, 1.165) is 31.5 Å². The summed E-state index contributed by atoms with van der Waals surface area (Å²) in [7, 11) is -3.71. The lowest BCUT2D eigenvalue weighted by Gasteiger charge is -2.27. The Morgan fingerprint density at radius 3 is 2.44 bits per heavy atom. The van der Waals surface area contributed by atoms with Crippen molar-refractivity contribution in [2.75, 3.05) is 19.6 Å². The van der Waals surface area contributed by atoms with Crippen LogP contribution in [0.4, 0.5) is 5.69 Å². The maximum atomic E-state index is 12.5. The van der Waals surface area contributed by atoms with Gasteiger partial charge in [-0.1, -0.05) is 0 Å². The quantitative estimate of drug-likeness (QED) is 0.588. The molecular formula is C16H19N3O4S2. The van der Waals surface area contributed by atoms with E-state index in [4.69, 9.17) is 0 Å². The van der Waals surface area contributed by atoms with Crippen molar-refractivity contribution in [2.24, 2.45) is 0 Å². The summed E-state index contributed by atoms with van der Waals surface area (Å²) in [6.07, 6.45) is 2.24. The predicted octanol–water partition coefficient (Wildman–Crippen LogP) is 2.77. The number of hydrogen-bond donors (Lipinski definition) is 1. The third-order valence-corrected chi connectivity index (χ3v) is 6.47. The van der Waals surface area contributed by atoms with E-state index in [0.29, 0.717) is 0 Å². The van der Waals surface area contributed by atoms with Crippen molar-refractivity contribution in [3.8, 4) is 0 Å². The van der Waals surface area contributed by atoms with Crippen LogP contribution in [0.1, 0.15) is 24.4 Å². The molecule has 0 spiro atoms. The van der Waals surface area contributed by atoms with E-state index in [1.807, 2.05) is 16.8 Å². The van der Waals surface area contributed by atoms with Crippen LogP contribution >= 0.6 is 11.3 Å². The molecule has 1 fully saturated rings. The normalized spacial score (nSPS) is 16.8. The van der Waals surface area contributed by atoms with Gasteiger partial charge in [-0.3, -0.25) is 15.0 Å². The average Bonchev–Trinajstić information content (AvgIpc) is 3.29. The minimum atomic E-state index is -3.71. The minimum Gasteiger partial charge on any atom is -0.295 e. The summed E-state index contributed by atoms with van der Waals surface area (Å²) in [5.74, 6) is 0. The Balaban J connectivity index is 1.73. The first-order valence-corrected chi connectivity index (χ1v) is 10.4. The van der Waals surface area contributed by atoms with Crippen molar-refractivity contribution in [3.05, 3.63) is 56.8 Å². The molecule has 25 heavy (non-hydrogen) atoms. The van der Waals surface area contributed by atoms with Crippen LogP contribution in [0.15, 0.2) is 46.0 Å². The standard InChI is InChI=1S/C16H19N3O4S2/c20-19(21)14-3-5-15(6-4-14)25(22,23)17-11-16(13-7-10-24-12-13)18-8-1-2-9-18/h3-7,10,12,16-17H,1-2,8-9,11H2. The first-order valence-electron chi connectivity index (χ1n) is 7.97. The molecule has 0 aliphatic carbocycles. The van der Waals surface area contributed by atoms with Crippen LogP contribution in [-0.2, 0) is 10.0 Å². The van der Waals surface area contributed by atoms with Gasteiger partial charge in [0.1, 0.15) is 0 Å². The van der Waals surface area contributed by atoms with Gasteiger partial charge in [-0.15, -0.1) is 0 Å². The highest BCUT2D eigenvalue weighted by Gasteiger charge is 2.26. The van der Waals surface area contributed by atoms with E-state index in [1.54, 1.807) is 11.3 Å². The predicted molar refractivity (Wildman–Crippen MR) is 96.2 cm³/mol. The number of thiophene rings is 1. The van der Waals surface area contributed by atoms with Crippen molar-refractivity contribution >= 4 is 27.0 Å². The van der Waals surface area contributed by atoms with Crippen molar-refractivity contribution in [1.82, 2.24) is 9.62 Å². The van der Waals surface area contributed by atoms with Gasteiger partial charge in [-0.05, 0) is 60.5 Å². The Morgan fingerprint density at radius 2 is 1.88 bits per heavy atom. The second-order valence-electron chi connectivity index (χ2n) is 5.92.